The Kier molecular flexibility index (Phi) is 5.26. The van der Waals surface area contributed by atoms with E-state index in [4.69, 9.17) is 0 Å². The molecule has 0 heterocycles. The third kappa shape index (κ3) is 4.11. The number of halogens is 8. The molecule has 2 aromatic rings. The van der Waals surface area contributed by atoms with Crippen LogP contribution < -0.4 is 9.47 Å². The molecule has 0 aliphatic heterocycles. The Morgan fingerprint density at radius 1 is 0.875 bits per heavy atom. The summed E-state index contributed by atoms with van der Waals surface area (Å²) in [6.45, 7) is -1.59. The molecule has 0 atom stereocenters. The fourth-order valence-corrected chi connectivity index (χ4v) is 1.88. The Morgan fingerprint density at radius 3 is 2.04 bits per heavy atom. The van der Waals surface area contributed by atoms with Gasteiger partial charge in [-0.05, 0) is 28.1 Å². The first-order valence-electron chi connectivity index (χ1n) is 6.08. The maximum atomic E-state index is 13.6. The summed E-state index contributed by atoms with van der Waals surface area (Å²) >= 11 is 2.69. The average molecular weight is 419 g/mol. The van der Waals surface area contributed by atoms with Gasteiger partial charge in [0.1, 0.15) is 5.75 Å². The summed E-state index contributed by atoms with van der Waals surface area (Å²) in [7, 11) is 0. The third-order valence-electron chi connectivity index (χ3n) is 2.62. The lowest BCUT2D eigenvalue weighted by Gasteiger charge is -2.19. The van der Waals surface area contributed by atoms with E-state index >= 15 is 0 Å². The third-order valence-corrected chi connectivity index (χ3v) is 3.23. The van der Waals surface area contributed by atoms with E-state index in [-0.39, 0.29) is 16.6 Å². The van der Waals surface area contributed by atoms with Crippen molar-refractivity contribution >= 4 is 15.9 Å². The lowest BCUT2D eigenvalue weighted by atomic mass is 10.3. The van der Waals surface area contributed by atoms with Gasteiger partial charge in [-0.25, -0.2) is 17.6 Å². The fourth-order valence-electron chi connectivity index (χ4n) is 1.57. The first-order valence-corrected chi connectivity index (χ1v) is 6.87. The minimum absolute atomic E-state index is 0.201. The Bertz CT molecular complexity index is 744. The molecule has 0 spiro atoms. The Balaban J connectivity index is 2.10. The molecule has 0 radical (unpaired) electrons. The standard InChI is InChI=1S/C14H6BrF7O2/c15-7-1-2-10(13(20)11(7)18)23-5-14(21,22)24-6-3-8(16)12(19)9(17)4-6/h1-4H,5H2. The summed E-state index contributed by atoms with van der Waals surface area (Å²) < 4.78 is 101. The van der Waals surface area contributed by atoms with Crippen molar-refractivity contribution in [3.63, 3.8) is 0 Å². The van der Waals surface area contributed by atoms with E-state index in [0.29, 0.717) is 0 Å². The second kappa shape index (κ2) is 6.88. The van der Waals surface area contributed by atoms with E-state index in [0.717, 1.165) is 12.1 Å². The van der Waals surface area contributed by atoms with Crippen LogP contribution in [0.5, 0.6) is 11.5 Å². The van der Waals surface area contributed by atoms with Gasteiger partial charge in [0, 0.05) is 12.1 Å². The van der Waals surface area contributed by atoms with Crippen molar-refractivity contribution < 1.29 is 40.2 Å². The van der Waals surface area contributed by atoms with Gasteiger partial charge in [0.2, 0.25) is 5.82 Å². The zero-order valence-electron chi connectivity index (χ0n) is 11.4. The quantitative estimate of drug-likeness (QED) is 0.491. The van der Waals surface area contributed by atoms with E-state index in [2.05, 4.69) is 25.4 Å². The van der Waals surface area contributed by atoms with Crippen LogP contribution in [-0.4, -0.2) is 12.7 Å². The van der Waals surface area contributed by atoms with Crippen molar-refractivity contribution in [1.82, 2.24) is 0 Å². The smallest absolute Gasteiger partial charge is 0.433 e. The largest absolute Gasteiger partial charge is 0.480 e. The Morgan fingerprint density at radius 2 is 1.46 bits per heavy atom. The van der Waals surface area contributed by atoms with Crippen molar-refractivity contribution in [3.8, 4) is 11.5 Å². The lowest BCUT2D eigenvalue weighted by Crippen LogP contribution is -2.32. The van der Waals surface area contributed by atoms with Gasteiger partial charge >= 0.3 is 6.11 Å². The number of ether oxygens (including phenoxy) is 2. The molecule has 2 aromatic carbocycles. The Labute approximate surface area is 138 Å². The molecular weight excluding hydrogens is 413 g/mol. The molecule has 2 nitrogen and oxygen atoms in total. The normalized spacial score (nSPS) is 11.5. The second-order valence-electron chi connectivity index (χ2n) is 4.40. The van der Waals surface area contributed by atoms with Gasteiger partial charge in [-0.2, -0.15) is 13.2 Å². The van der Waals surface area contributed by atoms with Crippen LogP contribution in [0.15, 0.2) is 28.7 Å². The second-order valence-corrected chi connectivity index (χ2v) is 5.26. The van der Waals surface area contributed by atoms with Crippen LogP contribution in [0.3, 0.4) is 0 Å². The fraction of sp³-hybridized carbons (Fsp3) is 0.143. The molecule has 0 unspecified atom stereocenters. The van der Waals surface area contributed by atoms with Crippen molar-refractivity contribution in [1.29, 1.82) is 0 Å². The number of alkyl halides is 2. The summed E-state index contributed by atoms with van der Waals surface area (Å²) in [5, 5.41) is 0. The molecule has 0 N–H and O–H groups in total. The zero-order chi connectivity index (χ0) is 18.1. The van der Waals surface area contributed by atoms with Crippen LogP contribution in [-0.2, 0) is 0 Å². The molecule has 24 heavy (non-hydrogen) atoms. The van der Waals surface area contributed by atoms with Crippen LogP contribution in [0.25, 0.3) is 0 Å². The highest BCUT2D eigenvalue weighted by Gasteiger charge is 2.34. The topological polar surface area (TPSA) is 18.5 Å². The molecule has 0 fully saturated rings. The number of hydrogen-bond acceptors (Lipinski definition) is 2. The lowest BCUT2D eigenvalue weighted by molar-refractivity contribution is -0.196. The van der Waals surface area contributed by atoms with Crippen LogP contribution in [0.2, 0.25) is 0 Å². The van der Waals surface area contributed by atoms with Gasteiger partial charge in [0.15, 0.2) is 35.6 Å². The highest BCUT2D eigenvalue weighted by molar-refractivity contribution is 9.10. The minimum atomic E-state index is -4.16. The molecule has 0 saturated carbocycles. The van der Waals surface area contributed by atoms with Crippen molar-refractivity contribution in [2.75, 3.05) is 6.61 Å². The maximum absolute atomic E-state index is 13.6. The summed E-state index contributed by atoms with van der Waals surface area (Å²) in [6.07, 6.45) is -4.16. The molecule has 10 heteroatoms. The summed E-state index contributed by atoms with van der Waals surface area (Å²) in [6, 6.07) is 2.31. The molecule has 0 amide bonds. The monoisotopic (exact) mass is 418 g/mol. The minimum Gasteiger partial charge on any atom is -0.480 e. The van der Waals surface area contributed by atoms with E-state index < -0.39 is 53.3 Å². The highest BCUT2D eigenvalue weighted by atomic mass is 79.9. The van der Waals surface area contributed by atoms with Crippen LogP contribution in [0.1, 0.15) is 0 Å². The van der Waals surface area contributed by atoms with Gasteiger partial charge in [0.25, 0.3) is 0 Å². The summed E-state index contributed by atoms with van der Waals surface area (Å²) in [4.78, 5) is 0. The molecule has 130 valence electrons. The molecule has 0 aliphatic rings. The first-order chi connectivity index (χ1) is 11.1. The van der Waals surface area contributed by atoms with Crippen LogP contribution in [0, 0.1) is 29.1 Å². The van der Waals surface area contributed by atoms with E-state index in [1.165, 1.54) is 0 Å². The van der Waals surface area contributed by atoms with Crippen molar-refractivity contribution in [2.45, 2.75) is 6.11 Å². The molecule has 2 rings (SSSR count). The van der Waals surface area contributed by atoms with E-state index in [9.17, 15) is 30.7 Å². The SMILES string of the molecule is Fc1cc(OC(F)(F)COc2ccc(Br)c(F)c2F)cc(F)c1F. The summed E-state index contributed by atoms with van der Waals surface area (Å²) in [5.41, 5.74) is 0. The van der Waals surface area contributed by atoms with E-state index in [1.807, 2.05) is 0 Å². The van der Waals surface area contributed by atoms with Crippen molar-refractivity contribution in [2.24, 2.45) is 0 Å². The predicted molar refractivity (Wildman–Crippen MR) is 71.4 cm³/mol. The van der Waals surface area contributed by atoms with Gasteiger partial charge in [-0.1, -0.05) is 0 Å². The first kappa shape index (κ1) is 18.4. The maximum Gasteiger partial charge on any atom is 0.433 e. The zero-order valence-corrected chi connectivity index (χ0v) is 12.9. The van der Waals surface area contributed by atoms with Crippen molar-refractivity contribution in [3.05, 3.63) is 57.8 Å². The summed E-state index contributed by atoms with van der Waals surface area (Å²) in [5.74, 6) is -10.0. The molecule has 0 aromatic heterocycles. The van der Waals surface area contributed by atoms with E-state index in [1.54, 1.807) is 0 Å². The van der Waals surface area contributed by atoms with Gasteiger partial charge < -0.3 is 9.47 Å². The molecular formula is C14H6BrF7O2. The van der Waals surface area contributed by atoms with Gasteiger partial charge in [-0.15, -0.1) is 0 Å². The number of hydrogen-bond donors (Lipinski definition) is 0. The van der Waals surface area contributed by atoms with Crippen LogP contribution >= 0.6 is 15.9 Å². The highest BCUT2D eigenvalue weighted by Crippen LogP contribution is 2.29. The number of rotatable bonds is 5. The average Bonchev–Trinajstić information content (AvgIpc) is 2.49. The number of benzene rings is 2. The van der Waals surface area contributed by atoms with Gasteiger partial charge in [-0.3, -0.25) is 0 Å². The predicted octanol–water partition coefficient (Wildman–Crippen LogP) is 5.20. The molecule has 0 bridgehead atoms. The Hall–Kier alpha value is -1.97. The van der Waals surface area contributed by atoms with Gasteiger partial charge in [0.05, 0.1) is 4.47 Å². The molecule has 0 saturated heterocycles. The molecule has 0 aliphatic carbocycles. The van der Waals surface area contributed by atoms with Crippen LogP contribution in [0.4, 0.5) is 30.7 Å².